The van der Waals surface area contributed by atoms with Crippen molar-refractivity contribution < 1.29 is 13.2 Å². The van der Waals surface area contributed by atoms with Gasteiger partial charge in [-0.1, -0.05) is 31.2 Å². The number of halogens is 1. The molecule has 21 heavy (non-hydrogen) atoms. The van der Waals surface area contributed by atoms with Crippen molar-refractivity contribution in [1.29, 1.82) is 0 Å². The summed E-state index contributed by atoms with van der Waals surface area (Å²) in [5.41, 5.74) is 3.09. The van der Waals surface area contributed by atoms with Crippen LogP contribution >= 0.6 is 10.7 Å². The molecule has 5 heteroatoms. The molecule has 0 heterocycles. The van der Waals surface area contributed by atoms with E-state index in [1.54, 1.807) is 13.0 Å². The van der Waals surface area contributed by atoms with E-state index >= 15 is 0 Å². The molecule has 0 unspecified atom stereocenters. The normalized spacial score (nSPS) is 11.4. The molecule has 0 radical (unpaired) electrons. The molecule has 0 aliphatic rings. The molecule has 0 aromatic heterocycles. The molecule has 0 atom stereocenters. The van der Waals surface area contributed by atoms with Gasteiger partial charge in [-0.2, -0.15) is 0 Å². The van der Waals surface area contributed by atoms with Crippen LogP contribution in [0.15, 0.2) is 47.4 Å². The van der Waals surface area contributed by atoms with E-state index in [9.17, 15) is 8.42 Å². The fraction of sp³-hybridized carbons (Fsp3) is 0.250. The zero-order valence-corrected chi connectivity index (χ0v) is 13.5. The van der Waals surface area contributed by atoms with Gasteiger partial charge in [-0.3, -0.25) is 0 Å². The SMILES string of the molecule is CCc1ccc(COc2ccc(S(=O)(=O)Cl)cc2C)cc1. The minimum atomic E-state index is -3.70. The van der Waals surface area contributed by atoms with Crippen LogP contribution in [0.5, 0.6) is 5.75 Å². The standard InChI is InChI=1S/C16H17ClO3S/c1-3-13-4-6-14(7-5-13)11-20-16-9-8-15(10-12(16)2)21(17,18)19/h4-10H,3,11H2,1-2H3. The minimum Gasteiger partial charge on any atom is -0.489 e. The van der Waals surface area contributed by atoms with Crippen molar-refractivity contribution in [2.75, 3.05) is 0 Å². The highest BCUT2D eigenvalue weighted by molar-refractivity contribution is 8.13. The van der Waals surface area contributed by atoms with E-state index in [0.717, 1.165) is 17.5 Å². The summed E-state index contributed by atoms with van der Waals surface area (Å²) in [5, 5.41) is 0. The van der Waals surface area contributed by atoms with Crippen LogP contribution in [0.2, 0.25) is 0 Å². The van der Waals surface area contributed by atoms with Crippen LogP contribution < -0.4 is 4.74 Å². The van der Waals surface area contributed by atoms with E-state index in [0.29, 0.717) is 12.4 Å². The summed E-state index contributed by atoms with van der Waals surface area (Å²) in [6, 6.07) is 12.8. The number of hydrogen-bond acceptors (Lipinski definition) is 3. The third kappa shape index (κ3) is 4.22. The second-order valence-corrected chi connectivity index (χ2v) is 7.39. The predicted molar refractivity (Wildman–Crippen MR) is 84.4 cm³/mol. The zero-order valence-electron chi connectivity index (χ0n) is 12.0. The van der Waals surface area contributed by atoms with Crippen molar-refractivity contribution in [1.82, 2.24) is 0 Å². The van der Waals surface area contributed by atoms with Crippen LogP contribution in [0.3, 0.4) is 0 Å². The van der Waals surface area contributed by atoms with Crippen LogP contribution in [0, 0.1) is 6.92 Å². The maximum Gasteiger partial charge on any atom is 0.261 e. The van der Waals surface area contributed by atoms with Crippen LogP contribution in [-0.4, -0.2) is 8.42 Å². The summed E-state index contributed by atoms with van der Waals surface area (Å²) in [4.78, 5) is 0.0846. The van der Waals surface area contributed by atoms with Gasteiger partial charge in [0, 0.05) is 10.7 Å². The molecule has 2 aromatic carbocycles. The topological polar surface area (TPSA) is 43.4 Å². The first-order valence-corrected chi connectivity index (χ1v) is 8.97. The summed E-state index contributed by atoms with van der Waals surface area (Å²) in [6.45, 7) is 4.35. The van der Waals surface area contributed by atoms with Gasteiger partial charge in [-0.05, 0) is 48.2 Å². The van der Waals surface area contributed by atoms with Crippen molar-refractivity contribution in [3.8, 4) is 5.75 Å². The van der Waals surface area contributed by atoms with E-state index in [2.05, 4.69) is 19.1 Å². The van der Waals surface area contributed by atoms with Crippen molar-refractivity contribution in [2.24, 2.45) is 0 Å². The summed E-state index contributed by atoms with van der Waals surface area (Å²) in [5.74, 6) is 0.652. The Morgan fingerprint density at radius 3 is 2.19 bits per heavy atom. The molecule has 0 spiro atoms. The summed E-state index contributed by atoms with van der Waals surface area (Å²) >= 11 is 0. The van der Waals surface area contributed by atoms with Gasteiger partial charge in [-0.25, -0.2) is 8.42 Å². The Balaban J connectivity index is 2.09. The zero-order chi connectivity index (χ0) is 15.5. The summed E-state index contributed by atoms with van der Waals surface area (Å²) in [7, 11) is 1.62. The molecular weight excluding hydrogens is 308 g/mol. The molecule has 0 saturated heterocycles. The average molecular weight is 325 g/mol. The molecule has 0 amide bonds. The Morgan fingerprint density at radius 1 is 1.05 bits per heavy atom. The maximum atomic E-state index is 11.3. The van der Waals surface area contributed by atoms with E-state index in [-0.39, 0.29) is 4.90 Å². The number of hydrogen-bond donors (Lipinski definition) is 0. The van der Waals surface area contributed by atoms with E-state index in [1.165, 1.54) is 17.7 Å². The van der Waals surface area contributed by atoms with Crippen LogP contribution in [-0.2, 0) is 22.1 Å². The third-order valence-corrected chi connectivity index (χ3v) is 4.61. The van der Waals surface area contributed by atoms with Gasteiger partial charge in [0.15, 0.2) is 0 Å². The van der Waals surface area contributed by atoms with Crippen molar-refractivity contribution in [3.05, 3.63) is 59.2 Å². The molecular formula is C16H17ClO3S. The summed E-state index contributed by atoms with van der Waals surface area (Å²) in [6.07, 6.45) is 1.01. The summed E-state index contributed by atoms with van der Waals surface area (Å²) < 4.78 is 28.2. The molecule has 2 rings (SSSR count). The molecule has 0 saturated carbocycles. The number of aryl methyl sites for hydroxylation is 2. The van der Waals surface area contributed by atoms with Crippen molar-refractivity contribution >= 4 is 19.7 Å². The Kier molecular flexibility index (Phi) is 4.91. The fourth-order valence-corrected chi connectivity index (χ4v) is 2.80. The van der Waals surface area contributed by atoms with Crippen LogP contribution in [0.1, 0.15) is 23.6 Å². The van der Waals surface area contributed by atoms with Crippen molar-refractivity contribution in [3.63, 3.8) is 0 Å². The quantitative estimate of drug-likeness (QED) is 0.779. The van der Waals surface area contributed by atoms with E-state index in [4.69, 9.17) is 15.4 Å². The lowest BCUT2D eigenvalue weighted by Gasteiger charge is -2.10. The van der Waals surface area contributed by atoms with Gasteiger partial charge < -0.3 is 4.74 Å². The van der Waals surface area contributed by atoms with Crippen LogP contribution in [0.25, 0.3) is 0 Å². The monoisotopic (exact) mass is 324 g/mol. The highest BCUT2D eigenvalue weighted by atomic mass is 35.7. The second kappa shape index (κ2) is 6.50. The fourth-order valence-electron chi connectivity index (χ4n) is 1.97. The molecule has 2 aromatic rings. The Hall–Kier alpha value is -1.52. The first-order chi connectivity index (χ1) is 9.90. The minimum absolute atomic E-state index is 0.0846. The maximum absolute atomic E-state index is 11.3. The van der Waals surface area contributed by atoms with Crippen molar-refractivity contribution in [2.45, 2.75) is 31.8 Å². The average Bonchev–Trinajstić information content (AvgIpc) is 2.45. The molecule has 0 N–H and O–H groups in total. The van der Waals surface area contributed by atoms with Gasteiger partial charge in [-0.15, -0.1) is 0 Å². The highest BCUT2D eigenvalue weighted by Crippen LogP contribution is 2.24. The lowest BCUT2D eigenvalue weighted by atomic mass is 10.1. The lowest BCUT2D eigenvalue weighted by Crippen LogP contribution is -1.99. The largest absolute Gasteiger partial charge is 0.489 e. The number of benzene rings is 2. The Bertz CT molecular complexity index is 722. The lowest BCUT2D eigenvalue weighted by molar-refractivity contribution is 0.304. The van der Waals surface area contributed by atoms with E-state index in [1.807, 2.05) is 12.1 Å². The number of ether oxygens (including phenoxy) is 1. The van der Waals surface area contributed by atoms with Crippen LogP contribution in [0.4, 0.5) is 0 Å². The predicted octanol–water partition coefficient (Wildman–Crippen LogP) is 4.06. The molecule has 0 bridgehead atoms. The first kappa shape index (κ1) is 15.9. The highest BCUT2D eigenvalue weighted by Gasteiger charge is 2.11. The van der Waals surface area contributed by atoms with Gasteiger partial charge in [0.1, 0.15) is 12.4 Å². The Labute approximate surface area is 129 Å². The number of rotatable bonds is 5. The molecule has 0 aliphatic carbocycles. The molecule has 0 fully saturated rings. The molecule has 112 valence electrons. The molecule has 3 nitrogen and oxygen atoms in total. The van der Waals surface area contributed by atoms with E-state index < -0.39 is 9.05 Å². The van der Waals surface area contributed by atoms with Gasteiger partial charge >= 0.3 is 0 Å². The second-order valence-electron chi connectivity index (χ2n) is 4.82. The Morgan fingerprint density at radius 2 is 1.67 bits per heavy atom. The smallest absolute Gasteiger partial charge is 0.261 e. The van der Waals surface area contributed by atoms with Gasteiger partial charge in [0.05, 0.1) is 4.90 Å². The van der Waals surface area contributed by atoms with Gasteiger partial charge in [0.2, 0.25) is 0 Å². The van der Waals surface area contributed by atoms with Gasteiger partial charge in [0.25, 0.3) is 9.05 Å². The third-order valence-electron chi connectivity index (χ3n) is 3.25. The molecule has 0 aliphatic heterocycles. The first-order valence-electron chi connectivity index (χ1n) is 6.66.